The predicted molar refractivity (Wildman–Crippen MR) is 230 cm³/mol. The lowest BCUT2D eigenvalue weighted by Gasteiger charge is -2.21. The maximum Gasteiger partial charge on any atom is 0.296 e. The molecule has 2 aromatic heterocycles. The van der Waals surface area contributed by atoms with Crippen molar-refractivity contribution < 1.29 is 36.7 Å². The van der Waals surface area contributed by atoms with E-state index >= 15 is 0 Å². The SMILES string of the molecule is CC(C)(C)n1ncc(OCc2ccc(OCCCO)cc2)c(Cl)c1=O.Cc1ccc(S(=O)(=O)OCCCOc2ccc(COc3cnn(C(C)(C)C)c(=O)c3Cl)cc2)cc1. The molecule has 0 aliphatic heterocycles. The molecular formula is C43H52Cl2N4O10S. The number of halogens is 2. The van der Waals surface area contributed by atoms with Crippen molar-refractivity contribution in [3.8, 4) is 23.0 Å². The molecule has 0 unspecified atom stereocenters. The minimum atomic E-state index is -3.78. The third-order valence-corrected chi connectivity index (χ3v) is 10.4. The Morgan fingerprint density at radius 3 is 1.43 bits per heavy atom. The fraction of sp³-hybridized carbons (Fsp3) is 0.395. The summed E-state index contributed by atoms with van der Waals surface area (Å²) in [5.74, 6) is 1.83. The predicted octanol–water partition coefficient (Wildman–Crippen LogP) is 7.71. The first kappa shape index (κ1) is 47.7. The van der Waals surface area contributed by atoms with Gasteiger partial charge in [-0.3, -0.25) is 13.8 Å². The summed E-state index contributed by atoms with van der Waals surface area (Å²) < 4.78 is 54.5. The van der Waals surface area contributed by atoms with Crippen molar-refractivity contribution in [2.24, 2.45) is 0 Å². The van der Waals surface area contributed by atoms with Crippen molar-refractivity contribution in [2.45, 2.75) is 90.5 Å². The molecule has 14 nitrogen and oxygen atoms in total. The van der Waals surface area contributed by atoms with Gasteiger partial charge in [-0.05, 0) is 96.0 Å². The van der Waals surface area contributed by atoms with Gasteiger partial charge < -0.3 is 24.1 Å². The summed E-state index contributed by atoms with van der Waals surface area (Å²) in [7, 11) is -3.78. The second-order valence-electron chi connectivity index (χ2n) is 15.5. The molecule has 5 aromatic rings. The van der Waals surface area contributed by atoms with Crippen LogP contribution in [-0.4, -0.2) is 59.5 Å². The van der Waals surface area contributed by atoms with Crippen molar-refractivity contribution >= 4 is 33.3 Å². The van der Waals surface area contributed by atoms with E-state index in [1.54, 1.807) is 24.3 Å². The molecular weight excluding hydrogens is 835 g/mol. The third-order valence-electron chi connectivity index (χ3n) is 8.36. The van der Waals surface area contributed by atoms with Gasteiger partial charge >= 0.3 is 0 Å². The number of aryl methyl sites for hydroxylation is 1. The van der Waals surface area contributed by atoms with Crippen LogP contribution in [0.1, 0.15) is 71.1 Å². The highest BCUT2D eigenvalue weighted by molar-refractivity contribution is 7.86. The van der Waals surface area contributed by atoms with Gasteiger partial charge in [-0.15, -0.1) is 0 Å². The molecule has 60 heavy (non-hydrogen) atoms. The van der Waals surface area contributed by atoms with Crippen LogP contribution < -0.4 is 30.1 Å². The van der Waals surface area contributed by atoms with Crippen molar-refractivity contribution in [3.63, 3.8) is 0 Å². The zero-order valence-electron chi connectivity index (χ0n) is 34.8. The third kappa shape index (κ3) is 14.1. The lowest BCUT2D eigenvalue weighted by molar-refractivity contribution is 0.233. The quantitative estimate of drug-likeness (QED) is 0.0714. The largest absolute Gasteiger partial charge is 0.494 e. The van der Waals surface area contributed by atoms with E-state index in [1.807, 2.05) is 84.9 Å². The highest BCUT2D eigenvalue weighted by Gasteiger charge is 2.21. The lowest BCUT2D eigenvalue weighted by Crippen LogP contribution is -2.36. The van der Waals surface area contributed by atoms with E-state index in [0.29, 0.717) is 31.8 Å². The van der Waals surface area contributed by atoms with Crippen molar-refractivity contribution in [1.82, 2.24) is 19.6 Å². The summed E-state index contributed by atoms with van der Waals surface area (Å²) in [6, 6.07) is 21.1. The van der Waals surface area contributed by atoms with E-state index in [1.165, 1.54) is 33.9 Å². The zero-order chi connectivity index (χ0) is 44.1. The average Bonchev–Trinajstić information content (AvgIpc) is 3.19. The normalized spacial score (nSPS) is 11.7. The monoisotopic (exact) mass is 886 g/mol. The van der Waals surface area contributed by atoms with Crippen LogP contribution >= 0.6 is 23.2 Å². The van der Waals surface area contributed by atoms with Crippen LogP contribution in [0.3, 0.4) is 0 Å². The fourth-order valence-corrected chi connectivity index (χ4v) is 6.43. The number of nitrogens with zero attached hydrogens (tertiary/aromatic N) is 4. The molecule has 0 aliphatic carbocycles. The number of benzene rings is 3. The van der Waals surface area contributed by atoms with Gasteiger partial charge in [0.2, 0.25) is 0 Å². The number of ether oxygens (including phenoxy) is 4. The molecule has 0 saturated heterocycles. The minimum Gasteiger partial charge on any atom is -0.494 e. The van der Waals surface area contributed by atoms with Gasteiger partial charge in [0.05, 0.1) is 48.2 Å². The van der Waals surface area contributed by atoms with Crippen LogP contribution in [0.4, 0.5) is 0 Å². The van der Waals surface area contributed by atoms with E-state index in [9.17, 15) is 18.0 Å². The molecule has 1 N–H and O–H groups in total. The molecule has 0 bridgehead atoms. The first-order valence-corrected chi connectivity index (χ1v) is 21.3. The number of aromatic nitrogens is 4. The molecule has 0 spiro atoms. The van der Waals surface area contributed by atoms with Gasteiger partial charge in [0, 0.05) is 19.4 Å². The van der Waals surface area contributed by atoms with Gasteiger partial charge in [-0.1, -0.05) is 65.2 Å². The zero-order valence-corrected chi connectivity index (χ0v) is 37.1. The van der Waals surface area contributed by atoms with E-state index < -0.39 is 26.8 Å². The Morgan fingerprint density at radius 1 is 0.617 bits per heavy atom. The van der Waals surface area contributed by atoms with E-state index in [4.69, 9.17) is 51.4 Å². The van der Waals surface area contributed by atoms with E-state index in [-0.39, 0.29) is 58.4 Å². The maximum absolute atomic E-state index is 12.4. The fourth-order valence-electron chi connectivity index (χ4n) is 5.12. The van der Waals surface area contributed by atoms with Gasteiger partial charge in [0.25, 0.3) is 21.2 Å². The van der Waals surface area contributed by atoms with Crippen LogP contribution in [0.15, 0.2) is 99.7 Å². The molecule has 324 valence electrons. The second kappa shape index (κ2) is 21.5. The first-order valence-electron chi connectivity index (χ1n) is 19.1. The van der Waals surface area contributed by atoms with Crippen LogP contribution in [0.2, 0.25) is 10.0 Å². The molecule has 5 rings (SSSR count). The van der Waals surface area contributed by atoms with Gasteiger partial charge in [0.15, 0.2) is 21.5 Å². The van der Waals surface area contributed by atoms with Crippen LogP contribution in [0.25, 0.3) is 0 Å². The number of aliphatic hydroxyl groups excluding tert-OH is 1. The molecule has 0 amide bonds. The van der Waals surface area contributed by atoms with Gasteiger partial charge in [-0.25, -0.2) is 9.36 Å². The number of rotatable bonds is 17. The van der Waals surface area contributed by atoms with Crippen LogP contribution in [0.5, 0.6) is 23.0 Å². The topological polar surface area (TPSA) is 170 Å². The molecule has 0 atom stereocenters. The lowest BCUT2D eigenvalue weighted by atomic mass is 10.1. The molecule has 0 radical (unpaired) electrons. The Balaban J connectivity index is 0.000000280. The average molecular weight is 888 g/mol. The standard InChI is InChI=1S/C25H29ClN2O6S.C18H23ClN2O4/c1-18-6-12-21(13-7-18)35(30,31)34-15-5-14-32-20-10-8-19(9-11-20)17-33-22-16-27-28(25(2,3)4)24(29)23(22)26;1-18(2,3)21-17(23)16(19)15(11-20-21)25-12-13-5-7-14(8-6-13)24-10-4-9-22/h6-13,16H,5,14-15,17H2,1-4H3;5-8,11,22H,4,9-10,12H2,1-3H3. The highest BCUT2D eigenvalue weighted by atomic mass is 35.5. The Bertz CT molecular complexity index is 2380. The molecule has 0 fully saturated rings. The number of aliphatic hydroxyl groups is 1. The Morgan fingerprint density at radius 2 is 1.03 bits per heavy atom. The minimum absolute atomic E-state index is 0.0125. The van der Waals surface area contributed by atoms with Crippen molar-refractivity contribution in [1.29, 1.82) is 0 Å². The number of hydrogen-bond donors (Lipinski definition) is 1. The molecule has 0 aliphatic rings. The summed E-state index contributed by atoms with van der Waals surface area (Å²) in [6.45, 7) is 14.5. The maximum atomic E-state index is 12.4. The Labute approximate surface area is 360 Å². The van der Waals surface area contributed by atoms with Crippen molar-refractivity contribution in [3.05, 3.63) is 133 Å². The van der Waals surface area contributed by atoms with Gasteiger partial charge in [-0.2, -0.15) is 18.6 Å². The first-order chi connectivity index (χ1) is 28.3. The van der Waals surface area contributed by atoms with Crippen molar-refractivity contribution in [2.75, 3.05) is 26.4 Å². The smallest absolute Gasteiger partial charge is 0.296 e. The highest BCUT2D eigenvalue weighted by Crippen LogP contribution is 2.24. The van der Waals surface area contributed by atoms with E-state index in [2.05, 4.69) is 10.2 Å². The van der Waals surface area contributed by atoms with Gasteiger partial charge in [0.1, 0.15) is 24.7 Å². The second-order valence-corrected chi connectivity index (χ2v) is 17.9. The summed E-state index contributed by atoms with van der Waals surface area (Å²) >= 11 is 12.3. The molecule has 3 aromatic carbocycles. The Kier molecular flexibility index (Phi) is 17.1. The van der Waals surface area contributed by atoms with Crippen LogP contribution in [-0.2, 0) is 38.6 Å². The molecule has 2 heterocycles. The summed E-state index contributed by atoms with van der Waals surface area (Å²) in [5.41, 5.74) is 1.00. The molecule has 0 saturated carbocycles. The van der Waals surface area contributed by atoms with E-state index in [0.717, 1.165) is 22.4 Å². The summed E-state index contributed by atoms with van der Waals surface area (Å²) in [4.78, 5) is 24.8. The number of hydrogen-bond acceptors (Lipinski definition) is 12. The Hall–Kier alpha value is -4.93. The summed E-state index contributed by atoms with van der Waals surface area (Å²) in [6.07, 6.45) is 3.90. The summed E-state index contributed by atoms with van der Waals surface area (Å²) in [5, 5.41) is 17.0. The molecule has 17 heteroatoms. The van der Waals surface area contributed by atoms with Crippen LogP contribution in [0, 0.1) is 6.92 Å².